The summed E-state index contributed by atoms with van der Waals surface area (Å²) in [5.41, 5.74) is 0.907. The van der Waals surface area contributed by atoms with Crippen molar-refractivity contribution in [2.24, 2.45) is 0 Å². The number of ether oxygens (including phenoxy) is 2. The standard InChI is InChI=1S/C20H17FN2O6S/c1-28-16-8-11(6-7-12-14(21)4-3-5-15(12)23(26)27)9-17(29-2)13(16)10-18-19(24)22-20(25)30-18/h3-5,8-10H,6-7H2,1-2H3,(H,22,24,25). The molecular formula is C20H17FN2O6S. The van der Waals surface area contributed by atoms with Crippen molar-refractivity contribution in [2.75, 3.05) is 14.2 Å². The highest BCUT2D eigenvalue weighted by molar-refractivity contribution is 8.18. The zero-order valence-corrected chi connectivity index (χ0v) is 16.9. The van der Waals surface area contributed by atoms with Crippen molar-refractivity contribution in [1.29, 1.82) is 0 Å². The predicted molar refractivity (Wildman–Crippen MR) is 109 cm³/mol. The van der Waals surface area contributed by atoms with Crippen molar-refractivity contribution < 1.29 is 28.4 Å². The van der Waals surface area contributed by atoms with Gasteiger partial charge in [-0.15, -0.1) is 0 Å². The lowest BCUT2D eigenvalue weighted by Crippen LogP contribution is -2.17. The number of methoxy groups -OCH3 is 2. The van der Waals surface area contributed by atoms with E-state index in [0.29, 0.717) is 29.0 Å². The van der Waals surface area contributed by atoms with Crippen LogP contribution in [0.2, 0.25) is 0 Å². The third-order valence-corrected chi connectivity index (χ3v) is 5.29. The van der Waals surface area contributed by atoms with E-state index in [2.05, 4.69) is 5.32 Å². The average molecular weight is 432 g/mol. The predicted octanol–water partition coefficient (Wildman–Crippen LogP) is 3.86. The van der Waals surface area contributed by atoms with Crippen molar-refractivity contribution in [3.05, 3.63) is 67.9 Å². The fourth-order valence-corrected chi connectivity index (χ4v) is 3.73. The lowest BCUT2D eigenvalue weighted by Gasteiger charge is -2.14. The molecule has 156 valence electrons. The molecule has 0 atom stereocenters. The van der Waals surface area contributed by atoms with Gasteiger partial charge in [-0.2, -0.15) is 0 Å². The molecule has 0 aromatic heterocycles. The monoisotopic (exact) mass is 432 g/mol. The van der Waals surface area contributed by atoms with E-state index < -0.39 is 21.9 Å². The summed E-state index contributed by atoms with van der Waals surface area (Å²) in [7, 11) is 2.88. The van der Waals surface area contributed by atoms with Gasteiger partial charge in [0.05, 0.1) is 35.2 Å². The molecule has 2 aromatic carbocycles. The molecule has 0 saturated carbocycles. The minimum atomic E-state index is -0.640. The van der Waals surface area contributed by atoms with Crippen LogP contribution < -0.4 is 14.8 Å². The van der Waals surface area contributed by atoms with Gasteiger partial charge in [-0.1, -0.05) is 6.07 Å². The Labute approximate surface area is 175 Å². The summed E-state index contributed by atoms with van der Waals surface area (Å²) in [5.74, 6) is -0.385. The Morgan fingerprint density at radius 1 is 1.17 bits per heavy atom. The first kappa shape index (κ1) is 21.3. The topological polar surface area (TPSA) is 108 Å². The van der Waals surface area contributed by atoms with Gasteiger partial charge < -0.3 is 9.47 Å². The van der Waals surface area contributed by atoms with Crippen LogP contribution in [0.3, 0.4) is 0 Å². The van der Waals surface area contributed by atoms with E-state index in [1.54, 1.807) is 12.1 Å². The summed E-state index contributed by atoms with van der Waals surface area (Å²) in [4.78, 5) is 34.0. The van der Waals surface area contributed by atoms with Gasteiger partial charge in [0.25, 0.3) is 16.8 Å². The Hall–Kier alpha value is -3.40. The van der Waals surface area contributed by atoms with Gasteiger partial charge in [-0.3, -0.25) is 25.0 Å². The lowest BCUT2D eigenvalue weighted by atomic mass is 10.00. The number of amides is 2. The highest BCUT2D eigenvalue weighted by atomic mass is 32.2. The smallest absolute Gasteiger partial charge is 0.290 e. The minimum absolute atomic E-state index is 0.0177. The molecule has 0 spiro atoms. The van der Waals surface area contributed by atoms with Gasteiger partial charge in [-0.25, -0.2) is 4.39 Å². The summed E-state index contributed by atoms with van der Waals surface area (Å²) in [5, 5.41) is 12.9. The maximum absolute atomic E-state index is 14.1. The Bertz CT molecular complexity index is 1040. The molecule has 8 nitrogen and oxygen atoms in total. The van der Waals surface area contributed by atoms with Crippen molar-refractivity contribution in [3.8, 4) is 11.5 Å². The van der Waals surface area contributed by atoms with Crippen LogP contribution in [0.25, 0.3) is 6.08 Å². The second kappa shape index (κ2) is 8.95. The van der Waals surface area contributed by atoms with Crippen LogP contribution in [0, 0.1) is 15.9 Å². The molecule has 30 heavy (non-hydrogen) atoms. The van der Waals surface area contributed by atoms with E-state index >= 15 is 0 Å². The van der Waals surface area contributed by atoms with Crippen LogP contribution >= 0.6 is 11.8 Å². The number of aryl methyl sites for hydroxylation is 1. The van der Waals surface area contributed by atoms with Gasteiger partial charge in [0.1, 0.15) is 17.3 Å². The zero-order valence-electron chi connectivity index (χ0n) is 16.1. The molecule has 10 heteroatoms. The summed E-state index contributed by atoms with van der Waals surface area (Å²) in [6, 6.07) is 7.11. The van der Waals surface area contributed by atoms with Gasteiger partial charge in [0.2, 0.25) is 0 Å². The first-order valence-electron chi connectivity index (χ1n) is 8.75. The van der Waals surface area contributed by atoms with Gasteiger partial charge in [-0.05, 0) is 54.4 Å². The number of nitro benzene ring substituents is 1. The molecule has 1 saturated heterocycles. The van der Waals surface area contributed by atoms with Crippen LogP contribution in [0.15, 0.2) is 35.2 Å². The first-order valence-corrected chi connectivity index (χ1v) is 9.57. The van der Waals surface area contributed by atoms with Crippen LogP contribution in [-0.2, 0) is 17.6 Å². The average Bonchev–Trinajstić information content (AvgIpc) is 3.03. The molecule has 3 rings (SSSR count). The number of hydrogen-bond donors (Lipinski definition) is 1. The van der Waals surface area contributed by atoms with Gasteiger partial charge in [0, 0.05) is 6.07 Å². The van der Waals surface area contributed by atoms with Gasteiger partial charge in [0.15, 0.2) is 0 Å². The second-order valence-corrected chi connectivity index (χ2v) is 7.28. The van der Waals surface area contributed by atoms with Gasteiger partial charge >= 0.3 is 0 Å². The third-order valence-electron chi connectivity index (χ3n) is 4.48. The Morgan fingerprint density at radius 3 is 2.37 bits per heavy atom. The Kier molecular flexibility index (Phi) is 6.36. The number of hydrogen-bond acceptors (Lipinski definition) is 7. The summed E-state index contributed by atoms with van der Waals surface area (Å²) < 4.78 is 24.9. The second-order valence-electron chi connectivity index (χ2n) is 6.26. The molecule has 1 N–H and O–H groups in total. The quantitative estimate of drug-likeness (QED) is 0.402. The highest BCUT2D eigenvalue weighted by Crippen LogP contribution is 2.36. The molecule has 0 bridgehead atoms. The number of carbonyl (C=O) groups is 2. The van der Waals surface area contributed by atoms with Crippen LogP contribution in [0.1, 0.15) is 16.7 Å². The molecule has 1 aliphatic heterocycles. The van der Waals surface area contributed by atoms with Crippen LogP contribution in [-0.4, -0.2) is 30.3 Å². The maximum Gasteiger partial charge on any atom is 0.290 e. The number of imide groups is 1. The normalized spacial score (nSPS) is 14.7. The maximum atomic E-state index is 14.1. The Morgan fingerprint density at radius 2 is 1.83 bits per heavy atom. The largest absolute Gasteiger partial charge is 0.496 e. The minimum Gasteiger partial charge on any atom is -0.496 e. The molecule has 1 heterocycles. The van der Waals surface area contributed by atoms with E-state index in [4.69, 9.17) is 9.47 Å². The number of nitrogens with one attached hydrogen (secondary N) is 1. The van der Waals surface area contributed by atoms with E-state index in [1.165, 1.54) is 38.5 Å². The van der Waals surface area contributed by atoms with Crippen molar-refractivity contribution >= 4 is 34.7 Å². The lowest BCUT2D eigenvalue weighted by molar-refractivity contribution is -0.385. The number of rotatable bonds is 7. The molecule has 0 radical (unpaired) electrons. The molecule has 2 aromatic rings. The van der Waals surface area contributed by atoms with Crippen LogP contribution in [0.5, 0.6) is 11.5 Å². The van der Waals surface area contributed by atoms with Crippen molar-refractivity contribution in [1.82, 2.24) is 5.32 Å². The number of benzene rings is 2. The highest BCUT2D eigenvalue weighted by Gasteiger charge is 2.26. The van der Waals surface area contributed by atoms with E-state index in [-0.39, 0.29) is 22.6 Å². The fraction of sp³-hybridized carbons (Fsp3) is 0.200. The molecule has 1 aliphatic rings. The number of halogens is 1. The zero-order chi connectivity index (χ0) is 21.8. The number of nitro groups is 1. The molecular weight excluding hydrogens is 415 g/mol. The molecule has 0 aliphatic carbocycles. The Balaban J connectivity index is 1.93. The molecule has 2 amide bonds. The number of thioether (sulfide) groups is 1. The summed E-state index contributed by atoms with van der Waals surface area (Å²) in [6.45, 7) is 0. The van der Waals surface area contributed by atoms with Crippen molar-refractivity contribution in [2.45, 2.75) is 12.8 Å². The SMILES string of the molecule is COc1cc(CCc2c(F)cccc2[N+](=O)[O-])cc(OC)c1C=C1SC(=O)NC1=O. The number of carbonyl (C=O) groups excluding carboxylic acids is 2. The van der Waals surface area contributed by atoms with E-state index in [1.807, 2.05) is 0 Å². The van der Waals surface area contributed by atoms with E-state index in [0.717, 1.165) is 11.8 Å². The third kappa shape index (κ3) is 4.43. The fourth-order valence-electron chi connectivity index (χ4n) is 3.07. The summed E-state index contributed by atoms with van der Waals surface area (Å²) in [6.07, 6.45) is 1.88. The van der Waals surface area contributed by atoms with E-state index in [9.17, 15) is 24.1 Å². The first-order chi connectivity index (χ1) is 14.3. The number of nitrogens with zero attached hydrogens (tertiary/aromatic N) is 1. The molecule has 1 fully saturated rings. The molecule has 0 unspecified atom stereocenters. The van der Waals surface area contributed by atoms with Crippen molar-refractivity contribution in [3.63, 3.8) is 0 Å². The van der Waals surface area contributed by atoms with Crippen LogP contribution in [0.4, 0.5) is 14.9 Å². The summed E-state index contributed by atoms with van der Waals surface area (Å²) >= 11 is 0.769.